The predicted octanol–water partition coefficient (Wildman–Crippen LogP) is 4.37. The van der Waals surface area contributed by atoms with Crippen molar-refractivity contribution < 1.29 is 35.9 Å². The Morgan fingerprint density at radius 3 is 1.95 bits per heavy atom. The summed E-state index contributed by atoms with van der Waals surface area (Å²) in [4.78, 5) is 11.3. The first-order valence-corrected chi connectivity index (χ1v) is 5.99. The van der Waals surface area contributed by atoms with Gasteiger partial charge >= 0.3 is 18.3 Å². The topological polar surface area (TPSA) is 26.3 Å². The third-order valence-corrected chi connectivity index (χ3v) is 3.04. The highest BCUT2D eigenvalue weighted by molar-refractivity contribution is 5.79. The molecule has 8 heteroatoms. The van der Waals surface area contributed by atoms with Crippen LogP contribution in [0.1, 0.15) is 12.0 Å². The summed E-state index contributed by atoms with van der Waals surface area (Å²) in [6, 6.07) is 7.78. The van der Waals surface area contributed by atoms with Gasteiger partial charge in [0.15, 0.2) is 0 Å². The number of alkyl halides is 6. The van der Waals surface area contributed by atoms with E-state index >= 15 is 0 Å². The highest BCUT2D eigenvalue weighted by Gasteiger charge is 2.75. The van der Waals surface area contributed by atoms with Gasteiger partial charge in [-0.1, -0.05) is 42.5 Å². The van der Waals surface area contributed by atoms with E-state index in [9.17, 15) is 31.1 Å². The summed E-state index contributed by atoms with van der Waals surface area (Å²) in [5, 5.41) is 0. The van der Waals surface area contributed by atoms with Crippen LogP contribution in [-0.4, -0.2) is 25.4 Å². The largest absolute Gasteiger partial charge is 0.468 e. The van der Waals surface area contributed by atoms with Gasteiger partial charge in [0.25, 0.3) is 5.41 Å². The number of halogens is 6. The Morgan fingerprint density at radius 2 is 1.55 bits per heavy atom. The molecule has 2 nitrogen and oxygen atoms in total. The molecule has 0 fully saturated rings. The van der Waals surface area contributed by atoms with Gasteiger partial charge in [-0.2, -0.15) is 26.3 Å². The molecule has 0 amide bonds. The van der Waals surface area contributed by atoms with Gasteiger partial charge < -0.3 is 4.74 Å². The fourth-order valence-corrected chi connectivity index (χ4v) is 1.82. The van der Waals surface area contributed by atoms with Gasteiger partial charge in [-0.3, -0.25) is 4.79 Å². The van der Waals surface area contributed by atoms with Crippen molar-refractivity contribution in [3.05, 3.63) is 42.0 Å². The van der Waals surface area contributed by atoms with Crippen molar-refractivity contribution in [3.63, 3.8) is 0 Å². The first-order chi connectivity index (χ1) is 10.1. The zero-order valence-electron chi connectivity index (χ0n) is 11.3. The third kappa shape index (κ3) is 3.42. The molecule has 0 atom stereocenters. The number of esters is 1. The molecule has 0 aromatic heterocycles. The van der Waals surface area contributed by atoms with Crippen LogP contribution in [0.4, 0.5) is 26.3 Å². The van der Waals surface area contributed by atoms with Crippen LogP contribution >= 0.6 is 0 Å². The van der Waals surface area contributed by atoms with Gasteiger partial charge in [0.1, 0.15) is 0 Å². The molecule has 0 bridgehead atoms. The fourth-order valence-electron chi connectivity index (χ4n) is 1.82. The number of ether oxygens (including phenoxy) is 1. The van der Waals surface area contributed by atoms with Gasteiger partial charge in [0.05, 0.1) is 7.11 Å². The van der Waals surface area contributed by atoms with Crippen LogP contribution < -0.4 is 0 Å². The summed E-state index contributed by atoms with van der Waals surface area (Å²) < 4.78 is 81.6. The van der Waals surface area contributed by atoms with E-state index in [4.69, 9.17) is 0 Å². The molecule has 1 aromatic rings. The number of allylic oxidation sites excluding steroid dienone is 1. The van der Waals surface area contributed by atoms with Gasteiger partial charge in [-0.25, -0.2) is 0 Å². The maximum absolute atomic E-state index is 13.0. The molecule has 0 N–H and O–H groups in total. The lowest BCUT2D eigenvalue weighted by Crippen LogP contribution is -2.55. The molecule has 0 radical (unpaired) electrons. The van der Waals surface area contributed by atoms with Crippen LogP contribution in [0.5, 0.6) is 0 Å². The minimum absolute atomic E-state index is 0.408. The van der Waals surface area contributed by atoms with Crippen molar-refractivity contribution >= 4 is 12.0 Å². The van der Waals surface area contributed by atoms with E-state index in [-0.39, 0.29) is 0 Å². The van der Waals surface area contributed by atoms with Crippen molar-refractivity contribution in [1.29, 1.82) is 0 Å². The molecule has 0 aliphatic carbocycles. The molecule has 22 heavy (non-hydrogen) atoms. The van der Waals surface area contributed by atoms with Gasteiger partial charge in [0.2, 0.25) is 0 Å². The highest BCUT2D eigenvalue weighted by Crippen LogP contribution is 2.53. The zero-order chi connectivity index (χ0) is 17.0. The second-order valence-corrected chi connectivity index (χ2v) is 4.41. The van der Waals surface area contributed by atoms with E-state index in [2.05, 4.69) is 4.74 Å². The highest BCUT2D eigenvalue weighted by atomic mass is 19.4. The average Bonchev–Trinajstić information content (AvgIpc) is 2.41. The van der Waals surface area contributed by atoms with Crippen molar-refractivity contribution in [2.24, 2.45) is 5.41 Å². The number of methoxy groups -OCH3 is 1. The quantitative estimate of drug-likeness (QED) is 0.606. The lowest BCUT2D eigenvalue weighted by Gasteiger charge is -2.33. The van der Waals surface area contributed by atoms with Crippen LogP contribution in [-0.2, 0) is 9.53 Å². The second-order valence-electron chi connectivity index (χ2n) is 4.41. The number of benzene rings is 1. The average molecular weight is 326 g/mol. The normalized spacial score (nSPS) is 13.4. The molecule has 122 valence electrons. The van der Waals surface area contributed by atoms with Gasteiger partial charge in [0, 0.05) is 0 Å². The summed E-state index contributed by atoms with van der Waals surface area (Å²) in [5.41, 5.74) is -4.18. The van der Waals surface area contributed by atoms with Gasteiger partial charge in [-0.05, 0) is 12.0 Å². The standard InChI is InChI=1S/C14H12F6O2/c1-22-11(21)12(13(15,16)17,14(18,19)20)9-5-8-10-6-3-2-4-7-10/h2-8H,9H2,1H3/b8-5-. The molecule has 0 spiro atoms. The predicted molar refractivity (Wildman–Crippen MR) is 66.7 cm³/mol. The molecule has 0 unspecified atom stereocenters. The zero-order valence-corrected chi connectivity index (χ0v) is 11.3. The van der Waals surface area contributed by atoms with E-state index < -0.39 is 30.2 Å². The molecule has 0 saturated carbocycles. The molecular formula is C14H12F6O2. The number of hydrogen-bond donors (Lipinski definition) is 0. The summed E-state index contributed by atoms with van der Waals surface area (Å²) in [6.45, 7) is 0. The number of rotatable bonds is 4. The van der Waals surface area contributed by atoms with Crippen LogP contribution in [0.15, 0.2) is 36.4 Å². The van der Waals surface area contributed by atoms with E-state index in [0.717, 1.165) is 6.08 Å². The van der Waals surface area contributed by atoms with Crippen molar-refractivity contribution in [2.45, 2.75) is 18.8 Å². The maximum Gasteiger partial charge on any atom is 0.414 e. The molecule has 0 saturated heterocycles. The van der Waals surface area contributed by atoms with Crippen LogP contribution in [0, 0.1) is 5.41 Å². The summed E-state index contributed by atoms with van der Waals surface area (Å²) >= 11 is 0. The summed E-state index contributed by atoms with van der Waals surface area (Å²) in [7, 11) is 0.482. The van der Waals surface area contributed by atoms with E-state index in [1.807, 2.05) is 0 Å². The minimum atomic E-state index is -5.83. The Kier molecular flexibility index (Phi) is 5.26. The minimum Gasteiger partial charge on any atom is -0.468 e. The van der Waals surface area contributed by atoms with Crippen molar-refractivity contribution in [1.82, 2.24) is 0 Å². The molecule has 0 heterocycles. The van der Waals surface area contributed by atoms with Crippen molar-refractivity contribution in [3.8, 4) is 0 Å². The lowest BCUT2D eigenvalue weighted by molar-refractivity contribution is -0.330. The smallest absolute Gasteiger partial charge is 0.414 e. The second kappa shape index (κ2) is 6.41. The third-order valence-electron chi connectivity index (χ3n) is 3.04. The van der Waals surface area contributed by atoms with E-state index in [0.29, 0.717) is 18.7 Å². The first kappa shape index (κ1) is 18.1. The van der Waals surface area contributed by atoms with Crippen LogP contribution in [0.3, 0.4) is 0 Å². The Hall–Kier alpha value is -1.99. The summed E-state index contributed by atoms with van der Waals surface area (Å²) in [6.07, 6.45) is -11.5. The molecular weight excluding hydrogens is 314 g/mol. The SMILES string of the molecule is COC(=O)C(C/C=C\c1ccccc1)(C(F)(F)F)C(F)(F)F. The molecule has 1 rings (SSSR count). The fraction of sp³-hybridized carbons (Fsp3) is 0.357. The number of carbonyl (C=O) groups excluding carboxylic acids is 1. The maximum atomic E-state index is 13.0. The number of hydrogen-bond acceptors (Lipinski definition) is 2. The van der Waals surface area contributed by atoms with E-state index in [1.165, 1.54) is 12.1 Å². The monoisotopic (exact) mass is 326 g/mol. The first-order valence-electron chi connectivity index (χ1n) is 5.99. The van der Waals surface area contributed by atoms with Gasteiger partial charge in [-0.15, -0.1) is 0 Å². The summed E-state index contributed by atoms with van der Waals surface area (Å²) in [5.74, 6) is -2.38. The Bertz CT molecular complexity index is 517. The Balaban J connectivity index is 3.21. The van der Waals surface area contributed by atoms with E-state index in [1.54, 1.807) is 18.2 Å². The molecule has 0 aliphatic rings. The van der Waals surface area contributed by atoms with Crippen molar-refractivity contribution in [2.75, 3.05) is 7.11 Å². The van der Waals surface area contributed by atoms with Crippen LogP contribution in [0.25, 0.3) is 6.08 Å². The molecule has 0 aliphatic heterocycles. The Morgan fingerprint density at radius 1 is 1.05 bits per heavy atom. The lowest BCUT2D eigenvalue weighted by atomic mass is 9.82. The van der Waals surface area contributed by atoms with Crippen LogP contribution in [0.2, 0.25) is 0 Å². The Labute approximate surface area is 122 Å². The molecule has 1 aromatic carbocycles. The number of carbonyl (C=O) groups is 1.